The van der Waals surface area contributed by atoms with Crippen LogP contribution in [-0.2, 0) is 14.9 Å². The molecule has 70 valence electrons. The maximum Gasteiger partial charge on any atom is 0.266 e. The van der Waals surface area contributed by atoms with Crippen LogP contribution >= 0.6 is 0 Å². The summed E-state index contributed by atoms with van der Waals surface area (Å²) in [5.41, 5.74) is 0. The molecule has 12 heavy (non-hydrogen) atoms. The van der Waals surface area contributed by atoms with E-state index < -0.39 is 10.1 Å². The Bertz CT molecular complexity index is 271. The van der Waals surface area contributed by atoms with E-state index in [4.69, 9.17) is 4.55 Å². The van der Waals surface area contributed by atoms with Gasteiger partial charge in [-0.05, 0) is 6.42 Å². The van der Waals surface area contributed by atoms with Gasteiger partial charge in [0.2, 0.25) is 5.91 Å². The molecule has 0 aliphatic carbocycles. The van der Waals surface area contributed by atoms with E-state index in [-0.39, 0.29) is 18.2 Å². The van der Waals surface area contributed by atoms with Crippen LogP contribution in [-0.4, -0.2) is 42.6 Å². The molecule has 0 unspecified atom stereocenters. The molecule has 1 heterocycles. The maximum atomic E-state index is 10.9. The minimum atomic E-state index is -3.93. The van der Waals surface area contributed by atoms with Gasteiger partial charge in [-0.15, -0.1) is 0 Å². The number of nitrogens with zero attached hydrogens (tertiary/aromatic N) is 1. The summed E-state index contributed by atoms with van der Waals surface area (Å²) in [6.45, 7) is 0.714. The van der Waals surface area contributed by atoms with E-state index in [1.807, 2.05) is 0 Å². The van der Waals surface area contributed by atoms with Crippen molar-refractivity contribution >= 4 is 16.0 Å². The predicted octanol–water partition coefficient (Wildman–Crippen LogP) is -0.503. The number of likely N-dealkylation sites (tertiary alicyclic amines) is 1. The zero-order valence-electron chi connectivity index (χ0n) is 6.56. The molecule has 1 aliphatic heterocycles. The molecule has 0 saturated carbocycles. The topological polar surface area (TPSA) is 74.7 Å². The number of carbonyl (C=O) groups is 1. The third-order valence-corrected chi connectivity index (χ3v) is 2.49. The molecule has 0 spiro atoms. The number of carbonyl (C=O) groups excluding carboxylic acids is 1. The number of hydrogen-bond acceptors (Lipinski definition) is 3. The Kier molecular flexibility index (Phi) is 2.69. The minimum absolute atomic E-state index is 0.0290. The van der Waals surface area contributed by atoms with Crippen molar-refractivity contribution in [3.8, 4) is 0 Å². The van der Waals surface area contributed by atoms with E-state index in [2.05, 4.69) is 0 Å². The molecule has 1 aliphatic rings. The summed E-state index contributed by atoms with van der Waals surface area (Å²) in [4.78, 5) is 12.4. The summed E-state index contributed by atoms with van der Waals surface area (Å²) in [6.07, 6.45) is 1.27. The molecule has 6 heteroatoms. The molecule has 1 N–H and O–H groups in total. The summed E-state index contributed by atoms with van der Waals surface area (Å²) in [7, 11) is -3.93. The quantitative estimate of drug-likeness (QED) is 0.613. The van der Waals surface area contributed by atoms with Crippen LogP contribution in [0.5, 0.6) is 0 Å². The van der Waals surface area contributed by atoms with E-state index >= 15 is 0 Å². The fourth-order valence-corrected chi connectivity index (χ4v) is 1.62. The van der Waals surface area contributed by atoms with Crippen molar-refractivity contribution in [2.75, 3.05) is 18.8 Å². The molecule has 5 nitrogen and oxygen atoms in total. The van der Waals surface area contributed by atoms with E-state index in [1.54, 1.807) is 0 Å². The smallest absolute Gasteiger partial charge is 0.266 e. The molecule has 1 saturated heterocycles. The molecular formula is C6H11NO4S. The summed E-state index contributed by atoms with van der Waals surface area (Å²) < 4.78 is 29.0. The summed E-state index contributed by atoms with van der Waals surface area (Å²) in [5, 5.41) is 0. The molecule has 0 bridgehead atoms. The zero-order valence-corrected chi connectivity index (χ0v) is 7.38. The zero-order chi connectivity index (χ0) is 9.19. The first kappa shape index (κ1) is 9.47. The van der Waals surface area contributed by atoms with Crippen molar-refractivity contribution in [3.63, 3.8) is 0 Å². The normalized spacial score (nSPS) is 18.8. The Morgan fingerprint density at radius 2 is 2.17 bits per heavy atom. The highest BCUT2D eigenvalue weighted by Gasteiger charge is 2.21. The van der Waals surface area contributed by atoms with Crippen LogP contribution < -0.4 is 0 Å². The Balaban J connectivity index is 2.37. The molecule has 0 atom stereocenters. The van der Waals surface area contributed by atoms with Crippen LogP contribution in [0.15, 0.2) is 0 Å². The average molecular weight is 193 g/mol. The van der Waals surface area contributed by atoms with Crippen molar-refractivity contribution in [2.24, 2.45) is 0 Å². The van der Waals surface area contributed by atoms with Crippen molar-refractivity contribution < 1.29 is 17.8 Å². The first-order valence-electron chi connectivity index (χ1n) is 3.72. The number of amides is 1. The summed E-state index contributed by atoms with van der Waals surface area (Å²) >= 11 is 0. The van der Waals surface area contributed by atoms with Crippen molar-refractivity contribution in [3.05, 3.63) is 0 Å². The van der Waals surface area contributed by atoms with Gasteiger partial charge >= 0.3 is 0 Å². The average Bonchev–Trinajstić information content (AvgIpc) is 2.29. The fraction of sp³-hybridized carbons (Fsp3) is 0.833. The van der Waals surface area contributed by atoms with Gasteiger partial charge in [0.05, 0.1) is 5.75 Å². The predicted molar refractivity (Wildman–Crippen MR) is 42.2 cm³/mol. The molecule has 1 amide bonds. The largest absolute Gasteiger partial charge is 0.342 e. The lowest BCUT2D eigenvalue weighted by atomic mass is 10.4. The number of hydrogen-bond donors (Lipinski definition) is 1. The first-order chi connectivity index (χ1) is 5.49. The van der Waals surface area contributed by atoms with Crippen LogP contribution in [0, 0.1) is 0 Å². The van der Waals surface area contributed by atoms with E-state index in [0.717, 1.165) is 6.42 Å². The maximum absolute atomic E-state index is 10.9. The Morgan fingerprint density at radius 3 is 2.58 bits per heavy atom. The van der Waals surface area contributed by atoms with E-state index in [0.29, 0.717) is 13.0 Å². The van der Waals surface area contributed by atoms with Crippen LogP contribution in [0.4, 0.5) is 0 Å². The minimum Gasteiger partial charge on any atom is -0.342 e. The molecule has 1 fully saturated rings. The van der Waals surface area contributed by atoms with Gasteiger partial charge < -0.3 is 4.90 Å². The number of rotatable bonds is 3. The van der Waals surface area contributed by atoms with Crippen LogP contribution in [0.2, 0.25) is 0 Å². The van der Waals surface area contributed by atoms with Crippen molar-refractivity contribution in [1.29, 1.82) is 0 Å². The Labute approximate surface area is 71.1 Å². The lowest BCUT2D eigenvalue weighted by Crippen LogP contribution is -2.30. The van der Waals surface area contributed by atoms with Gasteiger partial charge in [-0.3, -0.25) is 9.35 Å². The summed E-state index contributed by atoms with van der Waals surface area (Å²) in [6, 6.07) is 0. The van der Waals surface area contributed by atoms with Crippen molar-refractivity contribution in [2.45, 2.75) is 12.8 Å². The molecule has 1 rings (SSSR count). The van der Waals surface area contributed by atoms with Gasteiger partial charge in [-0.25, -0.2) is 0 Å². The first-order valence-corrected chi connectivity index (χ1v) is 5.33. The van der Waals surface area contributed by atoms with Crippen LogP contribution in [0.3, 0.4) is 0 Å². The highest BCUT2D eigenvalue weighted by atomic mass is 32.2. The Morgan fingerprint density at radius 1 is 1.50 bits per heavy atom. The van der Waals surface area contributed by atoms with Crippen molar-refractivity contribution in [1.82, 2.24) is 4.90 Å². The second-order valence-corrected chi connectivity index (χ2v) is 4.34. The van der Waals surface area contributed by atoms with Crippen LogP contribution in [0.25, 0.3) is 0 Å². The van der Waals surface area contributed by atoms with Gasteiger partial charge in [0.25, 0.3) is 10.1 Å². The Hall–Kier alpha value is -0.620. The van der Waals surface area contributed by atoms with E-state index in [9.17, 15) is 13.2 Å². The van der Waals surface area contributed by atoms with Crippen LogP contribution in [0.1, 0.15) is 12.8 Å². The van der Waals surface area contributed by atoms with Gasteiger partial charge in [0.1, 0.15) is 0 Å². The molecular weight excluding hydrogens is 182 g/mol. The standard InChI is InChI=1S/C6H11NO4S/c8-6-2-1-3-7(6)4-5-12(9,10)11/h1-5H2,(H,9,10,11). The molecule has 0 aromatic rings. The fourth-order valence-electron chi connectivity index (χ4n) is 1.17. The van der Waals surface area contributed by atoms with Gasteiger partial charge in [-0.2, -0.15) is 8.42 Å². The lowest BCUT2D eigenvalue weighted by molar-refractivity contribution is -0.127. The van der Waals surface area contributed by atoms with Gasteiger partial charge in [0.15, 0.2) is 0 Å². The third-order valence-electron chi connectivity index (χ3n) is 1.79. The second kappa shape index (κ2) is 3.40. The third kappa shape index (κ3) is 2.78. The lowest BCUT2D eigenvalue weighted by Gasteiger charge is -2.13. The second-order valence-electron chi connectivity index (χ2n) is 2.77. The summed E-state index contributed by atoms with van der Waals surface area (Å²) in [5.74, 6) is -0.391. The van der Waals surface area contributed by atoms with E-state index in [1.165, 1.54) is 4.90 Å². The molecule has 0 radical (unpaired) electrons. The highest BCUT2D eigenvalue weighted by Crippen LogP contribution is 2.08. The SMILES string of the molecule is O=C1CCCN1CCS(=O)(=O)O. The molecule has 0 aromatic carbocycles. The molecule has 0 aromatic heterocycles. The van der Waals surface area contributed by atoms with Gasteiger partial charge in [0, 0.05) is 19.5 Å². The highest BCUT2D eigenvalue weighted by molar-refractivity contribution is 7.85. The monoisotopic (exact) mass is 193 g/mol. The van der Waals surface area contributed by atoms with Gasteiger partial charge in [-0.1, -0.05) is 0 Å².